The van der Waals surface area contributed by atoms with Crippen molar-refractivity contribution in [1.82, 2.24) is 0 Å². The molecule has 0 bridgehead atoms. The van der Waals surface area contributed by atoms with Crippen LogP contribution < -0.4 is 0 Å². The lowest BCUT2D eigenvalue weighted by Gasteiger charge is -2.03. The molecule has 0 amide bonds. The molecular weight excluding hydrogens is 329 g/mol. The molecular formula is C14H9BrFNO3. The predicted molar refractivity (Wildman–Crippen MR) is 75.6 cm³/mol. The molecule has 0 saturated heterocycles. The summed E-state index contributed by atoms with van der Waals surface area (Å²) in [5.74, 6) is -1.39. The highest BCUT2D eigenvalue weighted by Gasteiger charge is 2.17. The van der Waals surface area contributed by atoms with Crippen molar-refractivity contribution in [3.05, 3.63) is 75.1 Å². The Kier molecular flexibility index (Phi) is 4.24. The maximum atomic E-state index is 13.5. The Morgan fingerprint density at radius 1 is 1.15 bits per heavy atom. The summed E-state index contributed by atoms with van der Waals surface area (Å²) in [6.45, 7) is 0. The highest BCUT2D eigenvalue weighted by Crippen LogP contribution is 2.20. The maximum Gasteiger partial charge on any atom is 0.304 e. The van der Waals surface area contributed by atoms with Crippen LogP contribution in [0.25, 0.3) is 0 Å². The Labute approximate surface area is 122 Å². The average molecular weight is 338 g/mol. The van der Waals surface area contributed by atoms with Gasteiger partial charge in [-0.25, -0.2) is 0 Å². The zero-order valence-electron chi connectivity index (χ0n) is 10.2. The zero-order valence-corrected chi connectivity index (χ0v) is 11.8. The van der Waals surface area contributed by atoms with Gasteiger partial charge in [0.15, 0.2) is 5.78 Å². The monoisotopic (exact) mass is 337 g/mol. The summed E-state index contributed by atoms with van der Waals surface area (Å²) >= 11 is 3.30. The third-order valence-electron chi connectivity index (χ3n) is 2.78. The van der Waals surface area contributed by atoms with Gasteiger partial charge in [0.05, 0.1) is 4.92 Å². The van der Waals surface area contributed by atoms with Crippen LogP contribution in [-0.4, -0.2) is 10.7 Å². The van der Waals surface area contributed by atoms with Crippen LogP contribution in [-0.2, 0) is 5.33 Å². The van der Waals surface area contributed by atoms with E-state index in [9.17, 15) is 19.3 Å². The van der Waals surface area contributed by atoms with Crippen LogP contribution in [0.4, 0.5) is 10.1 Å². The van der Waals surface area contributed by atoms with Gasteiger partial charge in [-0.3, -0.25) is 14.9 Å². The van der Waals surface area contributed by atoms with Gasteiger partial charge in [-0.2, -0.15) is 4.39 Å². The van der Waals surface area contributed by atoms with Crippen molar-refractivity contribution < 1.29 is 14.1 Å². The minimum Gasteiger partial charge on any atom is -0.289 e. The summed E-state index contributed by atoms with van der Waals surface area (Å²) in [6.07, 6.45) is 0. The van der Waals surface area contributed by atoms with Gasteiger partial charge in [-0.05, 0) is 17.7 Å². The lowest BCUT2D eigenvalue weighted by molar-refractivity contribution is -0.387. The summed E-state index contributed by atoms with van der Waals surface area (Å²) < 4.78 is 13.5. The number of carbonyl (C=O) groups is 1. The summed E-state index contributed by atoms with van der Waals surface area (Å²) in [4.78, 5) is 21.8. The molecule has 0 unspecified atom stereocenters. The van der Waals surface area contributed by atoms with Crippen LogP contribution in [0.15, 0.2) is 42.5 Å². The van der Waals surface area contributed by atoms with Gasteiger partial charge in [0.25, 0.3) is 0 Å². The lowest BCUT2D eigenvalue weighted by Crippen LogP contribution is -2.03. The van der Waals surface area contributed by atoms with E-state index in [2.05, 4.69) is 15.9 Å². The van der Waals surface area contributed by atoms with Crippen molar-refractivity contribution in [1.29, 1.82) is 0 Å². The first-order valence-electron chi connectivity index (χ1n) is 5.66. The largest absolute Gasteiger partial charge is 0.304 e. The van der Waals surface area contributed by atoms with Gasteiger partial charge in [0, 0.05) is 22.5 Å². The quantitative estimate of drug-likeness (QED) is 0.368. The molecule has 102 valence electrons. The number of benzene rings is 2. The number of ketones is 1. The molecule has 4 nitrogen and oxygen atoms in total. The summed E-state index contributed by atoms with van der Waals surface area (Å²) in [5, 5.41) is 11.2. The Hall–Kier alpha value is -2.08. The van der Waals surface area contributed by atoms with Crippen molar-refractivity contribution in [2.75, 3.05) is 0 Å². The SMILES string of the molecule is O=C(c1ccc(CBr)cc1)c1ccc([N+](=O)[O-])c(F)c1. The summed E-state index contributed by atoms with van der Waals surface area (Å²) in [7, 11) is 0. The molecule has 2 aromatic carbocycles. The van der Waals surface area contributed by atoms with Crippen LogP contribution in [0, 0.1) is 15.9 Å². The summed E-state index contributed by atoms with van der Waals surface area (Å²) in [6, 6.07) is 9.97. The standard InChI is InChI=1S/C14H9BrFNO3/c15-8-9-1-3-10(4-2-9)14(18)11-5-6-13(17(19)20)12(16)7-11/h1-7H,8H2. The molecule has 0 aliphatic carbocycles. The molecule has 0 aliphatic heterocycles. The van der Waals surface area contributed by atoms with E-state index in [4.69, 9.17) is 0 Å². The first kappa shape index (κ1) is 14.3. The van der Waals surface area contributed by atoms with Crippen molar-refractivity contribution in [2.24, 2.45) is 0 Å². The van der Waals surface area contributed by atoms with Gasteiger partial charge >= 0.3 is 5.69 Å². The van der Waals surface area contributed by atoms with E-state index < -0.39 is 16.4 Å². The highest BCUT2D eigenvalue weighted by atomic mass is 79.9. The first-order chi connectivity index (χ1) is 9.52. The molecule has 0 aromatic heterocycles. The molecule has 2 rings (SSSR count). The molecule has 2 aromatic rings. The van der Waals surface area contributed by atoms with Crippen LogP contribution >= 0.6 is 15.9 Å². The number of halogens is 2. The number of nitro groups is 1. The first-order valence-corrected chi connectivity index (χ1v) is 6.78. The third kappa shape index (κ3) is 2.91. The number of nitrogens with zero attached hydrogens (tertiary/aromatic N) is 1. The molecule has 0 spiro atoms. The highest BCUT2D eigenvalue weighted by molar-refractivity contribution is 9.08. The van der Waals surface area contributed by atoms with E-state index in [-0.39, 0.29) is 11.3 Å². The third-order valence-corrected chi connectivity index (χ3v) is 3.42. The fourth-order valence-electron chi connectivity index (χ4n) is 1.71. The number of carbonyl (C=O) groups excluding carboxylic acids is 1. The lowest BCUT2D eigenvalue weighted by atomic mass is 10.0. The van der Waals surface area contributed by atoms with Gasteiger partial charge in [0.1, 0.15) is 0 Å². The second kappa shape index (κ2) is 5.92. The second-order valence-corrected chi connectivity index (χ2v) is 4.64. The number of rotatable bonds is 4. The zero-order chi connectivity index (χ0) is 14.7. The molecule has 20 heavy (non-hydrogen) atoms. The van der Waals surface area contributed by atoms with Crippen molar-refractivity contribution in [3.8, 4) is 0 Å². The number of hydrogen-bond acceptors (Lipinski definition) is 3. The number of alkyl halides is 1. The fraction of sp³-hybridized carbons (Fsp3) is 0.0714. The Bertz CT molecular complexity index is 671. The molecule has 0 saturated carbocycles. The van der Waals surface area contributed by atoms with Crippen LogP contribution in [0.5, 0.6) is 0 Å². The van der Waals surface area contributed by atoms with Crippen molar-refractivity contribution in [3.63, 3.8) is 0 Å². The molecule has 0 atom stereocenters. The van der Waals surface area contributed by atoms with Crippen LogP contribution in [0.3, 0.4) is 0 Å². The Balaban J connectivity index is 2.33. The topological polar surface area (TPSA) is 60.2 Å². The molecule has 0 heterocycles. The summed E-state index contributed by atoms with van der Waals surface area (Å²) in [5.41, 5.74) is 0.857. The van der Waals surface area contributed by atoms with Crippen LogP contribution in [0.2, 0.25) is 0 Å². The number of nitro benzene ring substituents is 1. The van der Waals surface area contributed by atoms with E-state index in [0.29, 0.717) is 10.9 Å². The van der Waals surface area contributed by atoms with Gasteiger partial charge in [0.2, 0.25) is 5.82 Å². The van der Waals surface area contributed by atoms with E-state index in [1.165, 1.54) is 6.07 Å². The second-order valence-electron chi connectivity index (χ2n) is 4.08. The van der Waals surface area contributed by atoms with E-state index in [1.54, 1.807) is 24.3 Å². The van der Waals surface area contributed by atoms with E-state index in [0.717, 1.165) is 17.7 Å². The minimum absolute atomic E-state index is 0.0830. The molecule has 0 fully saturated rings. The van der Waals surface area contributed by atoms with E-state index in [1.807, 2.05) is 0 Å². The Morgan fingerprint density at radius 2 is 1.75 bits per heavy atom. The smallest absolute Gasteiger partial charge is 0.289 e. The fourth-order valence-corrected chi connectivity index (χ4v) is 2.08. The predicted octanol–water partition coefficient (Wildman–Crippen LogP) is 3.86. The molecule has 0 aliphatic rings. The average Bonchev–Trinajstić information content (AvgIpc) is 2.46. The van der Waals surface area contributed by atoms with Crippen molar-refractivity contribution >= 4 is 27.4 Å². The Morgan fingerprint density at radius 3 is 2.25 bits per heavy atom. The minimum atomic E-state index is -1.02. The maximum absolute atomic E-state index is 13.5. The molecule has 0 N–H and O–H groups in total. The molecule has 0 radical (unpaired) electrons. The van der Waals surface area contributed by atoms with Gasteiger partial charge in [-0.1, -0.05) is 40.2 Å². The van der Waals surface area contributed by atoms with Gasteiger partial charge < -0.3 is 0 Å². The number of hydrogen-bond donors (Lipinski definition) is 0. The van der Waals surface area contributed by atoms with Crippen molar-refractivity contribution in [2.45, 2.75) is 5.33 Å². The normalized spacial score (nSPS) is 10.3. The van der Waals surface area contributed by atoms with Crippen LogP contribution in [0.1, 0.15) is 21.5 Å². The van der Waals surface area contributed by atoms with Gasteiger partial charge in [-0.15, -0.1) is 0 Å². The van der Waals surface area contributed by atoms with E-state index >= 15 is 0 Å². The molecule has 6 heteroatoms.